The van der Waals surface area contributed by atoms with E-state index in [1.165, 1.54) is 12.7 Å². The minimum Gasteiger partial charge on any atom is -0.469 e. The van der Waals surface area contributed by atoms with E-state index in [-0.39, 0.29) is 30.2 Å². The monoisotopic (exact) mass is 362 g/mol. The summed E-state index contributed by atoms with van der Waals surface area (Å²) >= 11 is 0. The summed E-state index contributed by atoms with van der Waals surface area (Å²) in [6.07, 6.45) is -0.0365. The number of anilines is 1. The Morgan fingerprint density at radius 2 is 1.92 bits per heavy atom. The summed E-state index contributed by atoms with van der Waals surface area (Å²) in [5, 5.41) is 5.60. The number of nitrogens with one attached hydrogen (secondary N) is 3. The Labute approximate surface area is 154 Å². The molecule has 7 heteroatoms. The van der Waals surface area contributed by atoms with Crippen LogP contribution >= 0.6 is 0 Å². The molecule has 2 rings (SSSR count). The number of carbonyl (C=O) groups is 3. The van der Waals surface area contributed by atoms with Crippen molar-refractivity contribution in [2.45, 2.75) is 38.6 Å². The third kappa shape index (κ3) is 5.29. The molecule has 26 heavy (non-hydrogen) atoms. The molecule has 1 unspecified atom stereocenters. The van der Waals surface area contributed by atoms with E-state index in [1.807, 2.05) is 24.3 Å². The van der Waals surface area contributed by atoms with Crippen LogP contribution in [-0.4, -0.2) is 50.6 Å². The summed E-state index contributed by atoms with van der Waals surface area (Å²) < 4.78 is 4.66. The van der Waals surface area contributed by atoms with Crippen LogP contribution in [0, 0.1) is 0 Å². The van der Waals surface area contributed by atoms with Crippen LogP contribution in [-0.2, 0) is 24.5 Å². The van der Waals surface area contributed by atoms with E-state index in [0.717, 1.165) is 4.90 Å². The average molecular weight is 362 g/mol. The number of carbonyl (C=O) groups excluding carboxylic acids is 3. The molecule has 0 bridgehead atoms. The third-order valence-electron chi connectivity index (χ3n) is 4.58. The van der Waals surface area contributed by atoms with Crippen molar-refractivity contribution in [3.8, 4) is 0 Å². The number of ether oxygens (including phenoxy) is 1. The highest BCUT2D eigenvalue weighted by molar-refractivity contribution is 5.92. The Morgan fingerprint density at radius 1 is 1.27 bits per heavy atom. The van der Waals surface area contributed by atoms with E-state index in [0.29, 0.717) is 18.8 Å². The molecule has 3 N–H and O–H groups in total. The molecule has 0 spiro atoms. The van der Waals surface area contributed by atoms with Crippen molar-refractivity contribution in [1.82, 2.24) is 5.32 Å². The Morgan fingerprint density at radius 3 is 2.50 bits per heavy atom. The molecule has 2 atom stereocenters. The van der Waals surface area contributed by atoms with Gasteiger partial charge < -0.3 is 20.3 Å². The van der Waals surface area contributed by atoms with Gasteiger partial charge in [0.25, 0.3) is 11.8 Å². The molecule has 0 aliphatic carbocycles. The number of piperazine rings is 1. The maximum atomic E-state index is 12.4. The fourth-order valence-electron chi connectivity index (χ4n) is 2.99. The van der Waals surface area contributed by atoms with Gasteiger partial charge in [0.1, 0.15) is 6.42 Å². The van der Waals surface area contributed by atoms with Crippen molar-refractivity contribution in [1.29, 1.82) is 0 Å². The predicted octanol–water partition coefficient (Wildman–Crippen LogP) is -0.131. The molecule has 0 radical (unpaired) electrons. The molecule has 1 aromatic carbocycles. The van der Waals surface area contributed by atoms with Gasteiger partial charge in [-0.05, 0) is 23.1 Å². The number of methoxy groups -OCH3 is 1. The second-order valence-electron chi connectivity index (χ2n) is 7.58. The van der Waals surface area contributed by atoms with Crippen LogP contribution < -0.4 is 15.5 Å². The molecule has 142 valence electrons. The van der Waals surface area contributed by atoms with E-state index in [9.17, 15) is 14.4 Å². The van der Waals surface area contributed by atoms with E-state index in [1.54, 1.807) is 0 Å². The molecule has 1 heterocycles. The number of hydrogen-bond acceptors (Lipinski definition) is 4. The molecular weight excluding hydrogens is 334 g/mol. The zero-order valence-electron chi connectivity index (χ0n) is 15.8. The first kappa shape index (κ1) is 19.9. The fraction of sp³-hybridized carbons (Fsp3) is 0.526. The van der Waals surface area contributed by atoms with Gasteiger partial charge in [0.2, 0.25) is 0 Å². The van der Waals surface area contributed by atoms with Gasteiger partial charge in [-0.2, -0.15) is 0 Å². The van der Waals surface area contributed by atoms with Crippen LogP contribution in [0.3, 0.4) is 0 Å². The SMILES string of the molecule is COC(=O)C[C@H]1C(=O)NCC[NH+]1CC(=O)Nc1ccc(C(C)(C)C)cc1. The largest absolute Gasteiger partial charge is 0.469 e. The van der Waals surface area contributed by atoms with E-state index in [4.69, 9.17) is 0 Å². The Balaban J connectivity index is 1.98. The first-order chi connectivity index (χ1) is 12.2. The number of esters is 1. The minimum absolute atomic E-state index is 0.0365. The molecule has 1 aliphatic rings. The maximum absolute atomic E-state index is 12.4. The van der Waals surface area contributed by atoms with Gasteiger partial charge in [0.05, 0.1) is 20.2 Å². The highest BCUT2D eigenvalue weighted by Gasteiger charge is 2.36. The second kappa shape index (κ2) is 8.31. The summed E-state index contributed by atoms with van der Waals surface area (Å²) in [5.74, 6) is -0.866. The van der Waals surface area contributed by atoms with Crippen molar-refractivity contribution in [2.24, 2.45) is 0 Å². The molecule has 2 amide bonds. The second-order valence-corrected chi connectivity index (χ2v) is 7.58. The number of quaternary nitrogens is 1. The van der Waals surface area contributed by atoms with E-state index < -0.39 is 12.0 Å². The fourth-order valence-corrected chi connectivity index (χ4v) is 2.99. The van der Waals surface area contributed by atoms with Crippen molar-refractivity contribution < 1.29 is 24.0 Å². The highest BCUT2D eigenvalue weighted by Crippen LogP contribution is 2.23. The van der Waals surface area contributed by atoms with Gasteiger partial charge in [0.15, 0.2) is 12.6 Å². The topological polar surface area (TPSA) is 88.9 Å². The Hall–Kier alpha value is -2.41. The average Bonchev–Trinajstić information content (AvgIpc) is 2.57. The summed E-state index contributed by atoms with van der Waals surface area (Å²) in [6, 6.07) is 7.14. The Bertz CT molecular complexity index is 664. The van der Waals surface area contributed by atoms with Crippen molar-refractivity contribution in [2.75, 3.05) is 32.1 Å². The third-order valence-corrected chi connectivity index (χ3v) is 4.58. The van der Waals surface area contributed by atoms with Crippen LogP contribution in [0.15, 0.2) is 24.3 Å². The summed E-state index contributed by atoms with van der Waals surface area (Å²) in [7, 11) is 1.29. The molecule has 1 aliphatic heterocycles. The molecule has 1 aromatic rings. The molecule has 0 aromatic heterocycles. The van der Waals surface area contributed by atoms with Gasteiger partial charge in [-0.15, -0.1) is 0 Å². The number of amides is 2. The normalized spacial score (nSPS) is 20.2. The van der Waals surface area contributed by atoms with Gasteiger partial charge in [0, 0.05) is 5.69 Å². The Kier molecular flexibility index (Phi) is 6.37. The lowest BCUT2D eigenvalue weighted by molar-refractivity contribution is -0.909. The van der Waals surface area contributed by atoms with Crippen LogP contribution in [0.1, 0.15) is 32.8 Å². The molecule has 1 fully saturated rings. The van der Waals surface area contributed by atoms with E-state index >= 15 is 0 Å². The number of hydrogen-bond donors (Lipinski definition) is 3. The van der Waals surface area contributed by atoms with Gasteiger partial charge in [-0.1, -0.05) is 32.9 Å². The molecular formula is C19H28N3O4+. The summed E-state index contributed by atoms with van der Waals surface area (Å²) in [4.78, 5) is 36.8. The zero-order valence-corrected chi connectivity index (χ0v) is 15.8. The lowest BCUT2D eigenvalue weighted by atomic mass is 9.87. The van der Waals surface area contributed by atoms with Crippen molar-refractivity contribution in [3.63, 3.8) is 0 Å². The summed E-state index contributed by atoms with van der Waals surface area (Å²) in [5.41, 5.74) is 1.95. The van der Waals surface area contributed by atoms with E-state index in [2.05, 4.69) is 36.1 Å². The maximum Gasteiger partial charge on any atom is 0.312 e. The van der Waals surface area contributed by atoms with Crippen LogP contribution in [0.5, 0.6) is 0 Å². The van der Waals surface area contributed by atoms with Gasteiger partial charge >= 0.3 is 5.97 Å². The zero-order chi connectivity index (χ0) is 19.3. The predicted molar refractivity (Wildman–Crippen MR) is 97.9 cm³/mol. The van der Waals surface area contributed by atoms with Crippen LogP contribution in [0.2, 0.25) is 0 Å². The summed E-state index contributed by atoms with van der Waals surface area (Å²) in [6.45, 7) is 7.59. The van der Waals surface area contributed by atoms with Gasteiger partial charge in [-0.3, -0.25) is 14.4 Å². The van der Waals surface area contributed by atoms with Crippen molar-refractivity contribution in [3.05, 3.63) is 29.8 Å². The molecule has 1 saturated heterocycles. The quantitative estimate of drug-likeness (QED) is 0.637. The minimum atomic E-state index is -0.606. The lowest BCUT2D eigenvalue weighted by Crippen LogP contribution is -3.20. The standard InChI is InChI=1S/C19H27N3O4/c1-19(2,3)13-5-7-14(8-6-13)21-16(23)12-22-10-9-20-18(25)15(22)11-17(24)26-4/h5-8,15H,9-12H2,1-4H3,(H,20,25)(H,21,23)/p+1/t15-/m0/s1. The number of rotatable bonds is 5. The molecule has 7 nitrogen and oxygen atoms in total. The van der Waals surface area contributed by atoms with Crippen LogP contribution in [0.25, 0.3) is 0 Å². The first-order valence-electron chi connectivity index (χ1n) is 8.80. The smallest absolute Gasteiger partial charge is 0.312 e. The lowest BCUT2D eigenvalue weighted by Gasteiger charge is -2.30. The first-order valence-corrected chi connectivity index (χ1v) is 8.80. The highest BCUT2D eigenvalue weighted by atomic mass is 16.5. The van der Waals surface area contributed by atoms with Crippen LogP contribution in [0.4, 0.5) is 5.69 Å². The van der Waals surface area contributed by atoms with Crippen molar-refractivity contribution >= 4 is 23.5 Å². The number of benzene rings is 1. The van der Waals surface area contributed by atoms with Gasteiger partial charge in [-0.25, -0.2) is 0 Å². The molecule has 0 saturated carbocycles.